The second-order valence-corrected chi connectivity index (χ2v) is 2.21. The molecule has 0 aromatic heterocycles. The van der Waals surface area contributed by atoms with Crippen molar-refractivity contribution in [1.82, 2.24) is 0 Å². The van der Waals surface area contributed by atoms with Crippen molar-refractivity contribution >= 4 is 5.78 Å². The number of aromatic hydroxyl groups is 2. The minimum Gasteiger partial charge on any atom is -0.501 e. The summed E-state index contributed by atoms with van der Waals surface area (Å²) in [6.07, 6.45) is 0. The van der Waals surface area contributed by atoms with Gasteiger partial charge in [-0.05, 0) is 0 Å². The first-order chi connectivity index (χ1) is 6.45. The molecule has 0 aliphatic carbocycles. The van der Waals surface area contributed by atoms with E-state index in [1.54, 1.807) is 0 Å². The van der Waals surface area contributed by atoms with Crippen molar-refractivity contribution in [3.8, 4) is 11.5 Å². The Bertz CT molecular complexity index is 349. The minimum atomic E-state index is -1.01. The van der Waals surface area contributed by atoms with Crippen LogP contribution < -0.4 is 10.9 Å². The zero-order valence-corrected chi connectivity index (χ0v) is 6.93. The summed E-state index contributed by atoms with van der Waals surface area (Å²) >= 11 is 0. The van der Waals surface area contributed by atoms with Crippen molar-refractivity contribution in [3.05, 3.63) is 20.4 Å². The maximum absolute atomic E-state index is 9.95. The van der Waals surface area contributed by atoms with Crippen LogP contribution in [0.25, 0.3) is 0 Å². The fraction of sp³-hybridized carbons (Fsp3) is 0.286. The van der Waals surface area contributed by atoms with Crippen LogP contribution in [0.5, 0.6) is 11.5 Å². The molecule has 4 N–H and O–H groups in total. The summed E-state index contributed by atoms with van der Waals surface area (Å²) in [5.74, 6) is -2.19. The smallest absolute Gasteiger partial charge is 0.275 e. The van der Waals surface area contributed by atoms with Gasteiger partial charge in [-0.1, -0.05) is 0 Å². The van der Waals surface area contributed by atoms with Gasteiger partial charge < -0.3 is 20.4 Å². The van der Waals surface area contributed by atoms with Gasteiger partial charge in [-0.25, -0.2) is 0 Å². The highest BCUT2D eigenvalue weighted by Crippen LogP contribution is 2.13. The number of carbonyl (C=O) groups excluding carboxylic acids is 1. The fourth-order valence-corrected chi connectivity index (χ4v) is 0.418. The fourth-order valence-electron chi connectivity index (χ4n) is 0.418. The van der Waals surface area contributed by atoms with Crippen LogP contribution in [0.4, 0.5) is 0 Å². The quantitative estimate of drug-likeness (QED) is 0.383. The molecule has 0 bridgehead atoms. The lowest BCUT2D eigenvalue weighted by atomic mass is 10.2. The van der Waals surface area contributed by atoms with Gasteiger partial charge in [0.15, 0.2) is 5.78 Å². The summed E-state index contributed by atoms with van der Waals surface area (Å²) in [5, 5.41) is 32.1. The van der Waals surface area contributed by atoms with Gasteiger partial charge >= 0.3 is 0 Å². The molecule has 0 aliphatic heterocycles. The first kappa shape index (κ1) is 12.3. The number of ketones is 1. The van der Waals surface area contributed by atoms with Gasteiger partial charge in [0.05, 0.1) is 0 Å². The topological polar surface area (TPSA) is 132 Å². The van der Waals surface area contributed by atoms with Crippen LogP contribution in [-0.2, 0) is 4.79 Å². The zero-order chi connectivity index (χ0) is 11.3. The largest absolute Gasteiger partial charge is 0.501 e. The lowest BCUT2D eigenvalue weighted by Gasteiger charge is -1.92. The molecule has 0 amide bonds. The number of rotatable bonds is 2. The Morgan fingerprint density at radius 2 is 1.21 bits per heavy atom. The summed E-state index contributed by atoms with van der Waals surface area (Å²) in [7, 11) is 0. The maximum Gasteiger partial charge on any atom is 0.275 e. The number of Topliss-reactive ketones (excluding diaryl/α,β-unsaturated/α-hetero) is 1. The lowest BCUT2D eigenvalue weighted by molar-refractivity contribution is -0.124. The van der Waals surface area contributed by atoms with Crippen molar-refractivity contribution in [3.63, 3.8) is 0 Å². The second-order valence-electron chi connectivity index (χ2n) is 2.21. The maximum atomic E-state index is 9.95. The predicted molar refractivity (Wildman–Crippen MR) is 43.9 cm³/mol. The number of carbonyl (C=O) groups is 1. The summed E-state index contributed by atoms with van der Waals surface area (Å²) < 4.78 is 0. The van der Waals surface area contributed by atoms with Crippen molar-refractivity contribution < 1.29 is 25.2 Å². The first-order valence-electron chi connectivity index (χ1n) is 3.40. The highest BCUT2D eigenvalue weighted by Gasteiger charge is 2.17. The van der Waals surface area contributed by atoms with E-state index in [2.05, 4.69) is 0 Å². The van der Waals surface area contributed by atoms with Gasteiger partial charge in [0.25, 0.3) is 10.9 Å². The number of hydrogen-bond acceptors (Lipinski definition) is 7. The Morgan fingerprint density at radius 1 is 0.929 bits per heavy atom. The Hall–Kier alpha value is -1.73. The normalized spacial score (nSPS) is 9.29. The third kappa shape index (κ3) is 2.64. The Labute approximate surface area is 77.2 Å². The van der Waals surface area contributed by atoms with E-state index < -0.39 is 41.4 Å². The molecule has 0 saturated heterocycles. The number of aliphatic hydroxyl groups is 2. The van der Waals surface area contributed by atoms with E-state index in [-0.39, 0.29) is 0 Å². The molecule has 78 valence electrons. The zero-order valence-electron chi connectivity index (χ0n) is 6.93. The minimum absolute atomic E-state index is 0.546. The van der Waals surface area contributed by atoms with Gasteiger partial charge in [-0.15, -0.1) is 0 Å². The van der Waals surface area contributed by atoms with E-state index in [1.807, 2.05) is 0 Å². The van der Waals surface area contributed by atoms with Crippen molar-refractivity contribution in [2.75, 3.05) is 13.2 Å². The van der Waals surface area contributed by atoms with E-state index in [1.165, 1.54) is 0 Å². The highest BCUT2D eigenvalue weighted by molar-refractivity contribution is 5.80. The SMILES string of the molecule is O=C(CO)CO.O=c1c(O)c(O)c1=O. The highest BCUT2D eigenvalue weighted by atomic mass is 16.3. The van der Waals surface area contributed by atoms with Crippen LogP contribution in [0.1, 0.15) is 0 Å². The molecule has 7 nitrogen and oxygen atoms in total. The van der Waals surface area contributed by atoms with Gasteiger partial charge in [-0.2, -0.15) is 0 Å². The first-order valence-corrected chi connectivity index (χ1v) is 3.40. The molecule has 0 heterocycles. The van der Waals surface area contributed by atoms with Crippen LogP contribution in [0.15, 0.2) is 9.59 Å². The predicted octanol–water partition coefficient (Wildman–Crippen LogP) is -2.77. The van der Waals surface area contributed by atoms with Crippen molar-refractivity contribution in [2.45, 2.75) is 0 Å². The molecule has 0 aliphatic rings. The van der Waals surface area contributed by atoms with Crippen LogP contribution in [-0.4, -0.2) is 39.4 Å². The monoisotopic (exact) mass is 204 g/mol. The summed E-state index contributed by atoms with van der Waals surface area (Å²) in [4.78, 5) is 29.6. The molecule has 0 atom stereocenters. The van der Waals surface area contributed by atoms with E-state index in [9.17, 15) is 14.4 Å². The molecule has 1 rings (SSSR count). The molecule has 14 heavy (non-hydrogen) atoms. The van der Waals surface area contributed by atoms with Crippen LogP contribution in [0.2, 0.25) is 0 Å². The Balaban J connectivity index is 0.000000255. The Morgan fingerprint density at radius 3 is 1.29 bits per heavy atom. The molecule has 0 fully saturated rings. The third-order valence-electron chi connectivity index (χ3n) is 1.21. The van der Waals surface area contributed by atoms with Crippen LogP contribution in [0.3, 0.4) is 0 Å². The molecule has 0 unspecified atom stereocenters. The molecule has 1 aromatic carbocycles. The summed E-state index contributed by atoms with van der Waals surface area (Å²) in [5.41, 5.74) is -2.02. The van der Waals surface area contributed by atoms with Gasteiger partial charge in [0.2, 0.25) is 11.5 Å². The molecular weight excluding hydrogens is 196 g/mol. The summed E-state index contributed by atoms with van der Waals surface area (Å²) in [6.45, 7) is -1.12. The molecule has 0 saturated carbocycles. The molecule has 0 spiro atoms. The van der Waals surface area contributed by atoms with Crippen molar-refractivity contribution in [1.29, 1.82) is 0 Å². The molecule has 7 heteroatoms. The standard InChI is InChI=1S/C4H2O4.C3H6O3/c5-1-2(6)4(8)3(1)7;4-1-3(6)2-5/h5-6H;4-5H,1-2H2. The third-order valence-corrected chi connectivity index (χ3v) is 1.21. The van der Waals surface area contributed by atoms with Gasteiger partial charge in [-0.3, -0.25) is 14.4 Å². The van der Waals surface area contributed by atoms with Crippen LogP contribution in [0, 0.1) is 0 Å². The average Bonchev–Trinajstić information content (AvgIpc) is 2.25. The van der Waals surface area contributed by atoms with E-state index in [0.29, 0.717) is 0 Å². The van der Waals surface area contributed by atoms with Gasteiger partial charge in [0.1, 0.15) is 13.2 Å². The summed E-state index contributed by atoms with van der Waals surface area (Å²) in [6, 6.07) is 0. The number of hydrogen-bond donors (Lipinski definition) is 4. The van der Waals surface area contributed by atoms with Gasteiger partial charge in [0, 0.05) is 0 Å². The molecule has 1 aromatic rings. The van der Waals surface area contributed by atoms with Crippen LogP contribution >= 0.6 is 0 Å². The van der Waals surface area contributed by atoms with Crippen molar-refractivity contribution in [2.24, 2.45) is 0 Å². The van der Waals surface area contributed by atoms with E-state index in [4.69, 9.17) is 20.4 Å². The lowest BCUT2D eigenvalue weighted by Crippen LogP contribution is -2.28. The average molecular weight is 204 g/mol. The molecule has 0 radical (unpaired) electrons. The Kier molecular flexibility index (Phi) is 4.47. The molecular formula is C7H8O7. The second kappa shape index (κ2) is 5.10. The number of aliphatic hydroxyl groups excluding tert-OH is 2. The van der Waals surface area contributed by atoms with E-state index in [0.717, 1.165) is 0 Å². The van der Waals surface area contributed by atoms with E-state index >= 15 is 0 Å².